The Morgan fingerprint density at radius 3 is 2.52 bits per heavy atom. The highest BCUT2D eigenvalue weighted by atomic mass is 32.1. The molecular weight excluding hydrogens is 282 g/mol. The van der Waals surface area contributed by atoms with Gasteiger partial charge in [-0.15, -0.1) is 0 Å². The normalized spacial score (nSPS) is 10.9. The molecule has 0 aliphatic carbocycles. The summed E-state index contributed by atoms with van der Waals surface area (Å²) < 4.78 is 7.25. The Kier molecular flexibility index (Phi) is 5.12. The zero-order valence-electron chi connectivity index (χ0n) is 12.7. The van der Waals surface area contributed by atoms with Crippen LogP contribution in [0.25, 0.3) is 11.3 Å². The van der Waals surface area contributed by atoms with Crippen LogP contribution in [-0.2, 0) is 12.3 Å². The van der Waals surface area contributed by atoms with Crippen molar-refractivity contribution in [3.63, 3.8) is 0 Å². The van der Waals surface area contributed by atoms with Gasteiger partial charge in [0, 0.05) is 23.4 Å². The van der Waals surface area contributed by atoms with Gasteiger partial charge in [-0.25, -0.2) is 0 Å². The van der Waals surface area contributed by atoms with Crippen LogP contribution in [0.1, 0.15) is 19.4 Å². The number of hydrogen-bond donors (Lipinski definition) is 1. The minimum Gasteiger partial charge on any atom is -0.496 e. The Balaban J connectivity index is 2.68. The van der Waals surface area contributed by atoms with E-state index in [1.807, 2.05) is 41.0 Å². The van der Waals surface area contributed by atoms with Crippen LogP contribution < -0.4 is 10.3 Å². The van der Waals surface area contributed by atoms with E-state index in [1.165, 1.54) is 0 Å². The number of rotatable bonds is 5. The van der Waals surface area contributed by atoms with Crippen molar-refractivity contribution >= 4 is 12.6 Å². The van der Waals surface area contributed by atoms with Gasteiger partial charge in [0.05, 0.1) is 12.8 Å². The summed E-state index contributed by atoms with van der Waals surface area (Å²) in [6, 6.07) is 11.6. The average molecular weight is 303 g/mol. The van der Waals surface area contributed by atoms with Crippen molar-refractivity contribution in [2.45, 2.75) is 26.1 Å². The third-order valence-corrected chi connectivity index (χ3v) is 3.69. The van der Waals surface area contributed by atoms with Crippen LogP contribution in [0.5, 0.6) is 5.75 Å². The largest absolute Gasteiger partial charge is 0.496 e. The molecule has 1 heterocycles. The SMILES string of the molecule is COc1ccccc1-c1ccc(CS)c(=O)n1CC(C)C. The van der Waals surface area contributed by atoms with Crippen LogP contribution in [0, 0.1) is 5.92 Å². The highest BCUT2D eigenvalue weighted by Gasteiger charge is 2.14. The third kappa shape index (κ3) is 3.32. The number of methoxy groups -OCH3 is 1. The van der Waals surface area contributed by atoms with Crippen molar-refractivity contribution in [3.05, 3.63) is 52.3 Å². The molecule has 0 unspecified atom stereocenters. The maximum atomic E-state index is 12.6. The molecule has 0 spiro atoms. The minimum absolute atomic E-state index is 0.0297. The molecule has 1 aromatic heterocycles. The van der Waals surface area contributed by atoms with Gasteiger partial charge in [-0.1, -0.05) is 32.0 Å². The van der Waals surface area contributed by atoms with Gasteiger partial charge < -0.3 is 9.30 Å². The van der Waals surface area contributed by atoms with Crippen LogP contribution in [0.3, 0.4) is 0 Å². The maximum absolute atomic E-state index is 12.6. The number of benzene rings is 1. The molecule has 0 saturated carbocycles. The summed E-state index contributed by atoms with van der Waals surface area (Å²) in [6.45, 7) is 4.88. The molecule has 2 aromatic rings. The highest BCUT2D eigenvalue weighted by Crippen LogP contribution is 2.29. The van der Waals surface area contributed by atoms with Gasteiger partial charge in [0.2, 0.25) is 0 Å². The van der Waals surface area contributed by atoms with Crippen LogP contribution in [0.2, 0.25) is 0 Å². The predicted octanol–water partition coefficient (Wildman–Crippen LogP) is 3.61. The topological polar surface area (TPSA) is 31.2 Å². The molecule has 2 rings (SSSR count). The number of nitrogens with zero attached hydrogens (tertiary/aromatic N) is 1. The summed E-state index contributed by atoms with van der Waals surface area (Å²) in [5.74, 6) is 1.60. The lowest BCUT2D eigenvalue weighted by Gasteiger charge is -2.18. The summed E-state index contributed by atoms with van der Waals surface area (Å²) in [7, 11) is 1.64. The first-order valence-corrected chi connectivity index (χ1v) is 7.68. The second-order valence-electron chi connectivity index (χ2n) is 5.41. The van der Waals surface area contributed by atoms with Crippen LogP contribution in [0.4, 0.5) is 0 Å². The van der Waals surface area contributed by atoms with E-state index >= 15 is 0 Å². The molecule has 21 heavy (non-hydrogen) atoms. The number of aromatic nitrogens is 1. The van der Waals surface area contributed by atoms with Crippen molar-refractivity contribution in [2.24, 2.45) is 5.92 Å². The lowest BCUT2D eigenvalue weighted by atomic mass is 10.1. The summed E-state index contributed by atoms with van der Waals surface area (Å²) >= 11 is 4.24. The molecule has 0 N–H and O–H groups in total. The molecule has 112 valence electrons. The lowest BCUT2D eigenvalue weighted by Crippen LogP contribution is -2.26. The van der Waals surface area contributed by atoms with E-state index in [9.17, 15) is 4.79 Å². The molecule has 0 radical (unpaired) electrons. The van der Waals surface area contributed by atoms with Gasteiger partial charge >= 0.3 is 0 Å². The molecule has 4 heteroatoms. The van der Waals surface area contributed by atoms with Crippen molar-refractivity contribution in [2.75, 3.05) is 7.11 Å². The molecule has 0 amide bonds. The first-order chi connectivity index (χ1) is 10.1. The van der Waals surface area contributed by atoms with Crippen LogP contribution >= 0.6 is 12.6 Å². The Labute approximate surface area is 131 Å². The van der Waals surface area contributed by atoms with Crippen LogP contribution in [0.15, 0.2) is 41.2 Å². The molecule has 0 fully saturated rings. The van der Waals surface area contributed by atoms with E-state index in [4.69, 9.17) is 4.74 Å². The Bertz CT molecular complexity index is 677. The van der Waals surface area contributed by atoms with E-state index in [1.54, 1.807) is 7.11 Å². The zero-order valence-corrected chi connectivity index (χ0v) is 13.6. The number of hydrogen-bond acceptors (Lipinski definition) is 3. The summed E-state index contributed by atoms with van der Waals surface area (Å²) in [5.41, 5.74) is 2.57. The highest BCUT2D eigenvalue weighted by molar-refractivity contribution is 7.79. The van der Waals surface area contributed by atoms with Gasteiger partial charge in [0.1, 0.15) is 5.75 Å². The summed E-state index contributed by atoms with van der Waals surface area (Å²) in [6.07, 6.45) is 0. The van der Waals surface area contributed by atoms with E-state index in [0.717, 1.165) is 22.6 Å². The van der Waals surface area contributed by atoms with E-state index in [-0.39, 0.29) is 5.56 Å². The monoisotopic (exact) mass is 303 g/mol. The average Bonchev–Trinajstić information content (AvgIpc) is 2.49. The first-order valence-electron chi connectivity index (χ1n) is 7.05. The van der Waals surface area contributed by atoms with Crippen molar-refractivity contribution in [1.29, 1.82) is 0 Å². The van der Waals surface area contributed by atoms with Gasteiger partial charge in [0.15, 0.2) is 0 Å². The fraction of sp³-hybridized carbons (Fsp3) is 0.353. The molecule has 0 bridgehead atoms. The molecule has 1 aromatic carbocycles. The van der Waals surface area contributed by atoms with E-state index in [0.29, 0.717) is 18.2 Å². The van der Waals surface area contributed by atoms with Crippen molar-refractivity contribution in [1.82, 2.24) is 4.57 Å². The number of para-hydroxylation sites is 1. The Morgan fingerprint density at radius 1 is 1.19 bits per heavy atom. The van der Waals surface area contributed by atoms with E-state index < -0.39 is 0 Å². The minimum atomic E-state index is 0.0297. The zero-order chi connectivity index (χ0) is 15.4. The van der Waals surface area contributed by atoms with Gasteiger partial charge in [-0.2, -0.15) is 12.6 Å². The molecule has 0 atom stereocenters. The van der Waals surface area contributed by atoms with Gasteiger partial charge in [0.25, 0.3) is 5.56 Å². The lowest BCUT2D eigenvalue weighted by molar-refractivity contribution is 0.415. The third-order valence-electron chi connectivity index (χ3n) is 3.35. The standard InChI is InChI=1S/C17H21NO2S/c1-12(2)10-18-15(9-8-13(11-21)17(18)19)14-6-4-5-7-16(14)20-3/h4-9,12,21H,10-11H2,1-3H3. The summed E-state index contributed by atoms with van der Waals surface area (Å²) in [4.78, 5) is 12.6. The fourth-order valence-corrected chi connectivity index (χ4v) is 2.62. The van der Waals surface area contributed by atoms with Gasteiger partial charge in [-0.3, -0.25) is 4.79 Å². The Hall–Kier alpha value is -1.68. The number of thiol groups is 1. The second-order valence-corrected chi connectivity index (χ2v) is 5.73. The molecule has 0 saturated heterocycles. The quantitative estimate of drug-likeness (QED) is 0.856. The first kappa shape index (κ1) is 15.7. The van der Waals surface area contributed by atoms with Crippen molar-refractivity contribution in [3.8, 4) is 17.0 Å². The van der Waals surface area contributed by atoms with Crippen LogP contribution in [-0.4, -0.2) is 11.7 Å². The van der Waals surface area contributed by atoms with Crippen molar-refractivity contribution < 1.29 is 4.74 Å². The smallest absolute Gasteiger partial charge is 0.255 e. The number of pyridine rings is 1. The second kappa shape index (κ2) is 6.85. The number of ether oxygens (including phenoxy) is 1. The molecule has 0 aliphatic rings. The summed E-state index contributed by atoms with van der Waals surface area (Å²) in [5, 5.41) is 0. The molecular formula is C17H21NO2S. The Morgan fingerprint density at radius 2 is 1.90 bits per heavy atom. The maximum Gasteiger partial charge on any atom is 0.255 e. The molecule has 0 aliphatic heterocycles. The van der Waals surface area contributed by atoms with E-state index in [2.05, 4.69) is 26.5 Å². The predicted molar refractivity (Wildman–Crippen MR) is 90.2 cm³/mol. The fourth-order valence-electron chi connectivity index (χ4n) is 2.38. The van der Waals surface area contributed by atoms with Gasteiger partial charge in [-0.05, 0) is 24.1 Å². The molecule has 3 nitrogen and oxygen atoms in total.